The summed E-state index contributed by atoms with van der Waals surface area (Å²) >= 11 is 3.25. The molecule has 1 heterocycles. The summed E-state index contributed by atoms with van der Waals surface area (Å²) in [5.41, 5.74) is 3.43. The van der Waals surface area contributed by atoms with Crippen LogP contribution >= 0.6 is 23.1 Å². The molecule has 6 heteroatoms. The Bertz CT molecular complexity index is 910. The highest BCUT2D eigenvalue weighted by atomic mass is 32.2. The summed E-state index contributed by atoms with van der Waals surface area (Å²) in [5, 5.41) is 11.7. The van der Waals surface area contributed by atoms with Crippen molar-refractivity contribution < 1.29 is 4.79 Å². The number of amides is 1. The van der Waals surface area contributed by atoms with Crippen LogP contribution in [0.15, 0.2) is 46.8 Å². The number of nitriles is 1. The second-order valence-corrected chi connectivity index (χ2v) is 7.31. The molecule has 0 aliphatic heterocycles. The topological polar surface area (TPSA) is 65.8 Å². The normalized spacial score (nSPS) is 10.5. The lowest BCUT2D eigenvalue weighted by Gasteiger charge is -2.05. The fraction of sp³-hybridized carbons (Fsp3) is 0.167. The van der Waals surface area contributed by atoms with Crippen molar-refractivity contribution in [2.75, 3.05) is 11.6 Å². The van der Waals surface area contributed by atoms with Crippen LogP contribution in [-0.2, 0) is 11.2 Å². The Balaban J connectivity index is 1.60. The SMILES string of the molecule is CSc1nc2ccc(NC(=O)CCc3ccc(C#N)cc3)cc2s1. The molecule has 3 aromatic rings. The van der Waals surface area contributed by atoms with Gasteiger partial charge in [0.2, 0.25) is 5.91 Å². The van der Waals surface area contributed by atoms with Gasteiger partial charge in [-0.15, -0.1) is 11.3 Å². The van der Waals surface area contributed by atoms with E-state index < -0.39 is 0 Å². The quantitative estimate of drug-likeness (QED) is 0.688. The lowest BCUT2D eigenvalue weighted by molar-refractivity contribution is -0.116. The summed E-state index contributed by atoms with van der Waals surface area (Å²) < 4.78 is 2.10. The molecule has 120 valence electrons. The van der Waals surface area contributed by atoms with Gasteiger partial charge in [-0.2, -0.15) is 5.26 Å². The molecule has 0 unspecified atom stereocenters. The smallest absolute Gasteiger partial charge is 0.224 e. The number of rotatable bonds is 5. The zero-order valence-corrected chi connectivity index (χ0v) is 14.7. The molecule has 0 bridgehead atoms. The predicted molar refractivity (Wildman–Crippen MR) is 99.5 cm³/mol. The lowest BCUT2D eigenvalue weighted by atomic mass is 10.1. The van der Waals surface area contributed by atoms with Gasteiger partial charge >= 0.3 is 0 Å². The molecule has 0 fully saturated rings. The van der Waals surface area contributed by atoms with Gasteiger partial charge in [0, 0.05) is 12.1 Å². The van der Waals surface area contributed by atoms with Crippen LogP contribution in [0.4, 0.5) is 5.69 Å². The number of aromatic nitrogens is 1. The summed E-state index contributed by atoms with van der Waals surface area (Å²) in [6.45, 7) is 0. The van der Waals surface area contributed by atoms with Gasteiger partial charge in [0.05, 0.1) is 21.8 Å². The maximum Gasteiger partial charge on any atom is 0.224 e. The van der Waals surface area contributed by atoms with E-state index in [2.05, 4.69) is 16.4 Å². The molecule has 0 saturated carbocycles. The van der Waals surface area contributed by atoms with Gasteiger partial charge in [-0.25, -0.2) is 4.98 Å². The molecule has 0 aliphatic carbocycles. The average molecular weight is 353 g/mol. The predicted octanol–water partition coefficient (Wildman–Crippen LogP) is 4.46. The van der Waals surface area contributed by atoms with Crippen molar-refractivity contribution in [3.63, 3.8) is 0 Å². The van der Waals surface area contributed by atoms with Crippen LogP contribution < -0.4 is 5.32 Å². The van der Waals surface area contributed by atoms with E-state index in [1.165, 1.54) is 0 Å². The molecule has 3 rings (SSSR count). The second kappa shape index (κ2) is 7.47. The molecule has 1 N–H and O–H groups in total. The zero-order chi connectivity index (χ0) is 16.9. The minimum absolute atomic E-state index is 0.0201. The van der Waals surface area contributed by atoms with Crippen LogP contribution in [0.25, 0.3) is 10.2 Å². The Labute approximate surface area is 148 Å². The first-order valence-electron chi connectivity index (χ1n) is 7.41. The number of anilines is 1. The van der Waals surface area contributed by atoms with E-state index in [9.17, 15) is 4.79 Å². The number of nitrogens with zero attached hydrogens (tertiary/aromatic N) is 2. The van der Waals surface area contributed by atoms with E-state index in [4.69, 9.17) is 5.26 Å². The van der Waals surface area contributed by atoms with Crippen molar-refractivity contribution in [1.29, 1.82) is 5.26 Å². The number of fused-ring (bicyclic) bond motifs is 1. The Morgan fingerprint density at radius 2 is 2.08 bits per heavy atom. The Hall–Kier alpha value is -2.36. The van der Waals surface area contributed by atoms with Gasteiger partial charge in [0.25, 0.3) is 0 Å². The van der Waals surface area contributed by atoms with Crippen molar-refractivity contribution >= 4 is 44.9 Å². The van der Waals surface area contributed by atoms with Crippen molar-refractivity contribution in [2.45, 2.75) is 17.2 Å². The summed E-state index contributed by atoms with van der Waals surface area (Å²) in [7, 11) is 0. The highest BCUT2D eigenvalue weighted by Gasteiger charge is 2.07. The number of carbonyl (C=O) groups is 1. The third kappa shape index (κ3) is 3.94. The fourth-order valence-electron chi connectivity index (χ4n) is 2.30. The van der Waals surface area contributed by atoms with Crippen LogP contribution in [0.1, 0.15) is 17.5 Å². The molecule has 4 nitrogen and oxygen atoms in total. The molecule has 1 aromatic heterocycles. The first-order valence-corrected chi connectivity index (χ1v) is 9.45. The molecule has 0 radical (unpaired) electrons. The monoisotopic (exact) mass is 353 g/mol. The highest BCUT2D eigenvalue weighted by molar-refractivity contribution is 8.00. The summed E-state index contributed by atoms with van der Waals surface area (Å²) in [5.74, 6) is -0.0201. The Morgan fingerprint density at radius 1 is 1.29 bits per heavy atom. The van der Waals surface area contributed by atoms with Gasteiger partial charge in [-0.05, 0) is 48.6 Å². The number of carbonyl (C=O) groups excluding carboxylic acids is 1. The lowest BCUT2D eigenvalue weighted by Crippen LogP contribution is -2.12. The number of nitrogens with one attached hydrogen (secondary N) is 1. The third-order valence-corrected chi connectivity index (χ3v) is 5.55. The van der Waals surface area contributed by atoms with Crippen LogP contribution in [0.2, 0.25) is 0 Å². The van der Waals surface area contributed by atoms with Crippen LogP contribution in [0.3, 0.4) is 0 Å². The Morgan fingerprint density at radius 3 is 2.79 bits per heavy atom. The highest BCUT2D eigenvalue weighted by Crippen LogP contribution is 2.30. The maximum atomic E-state index is 12.1. The van der Waals surface area contributed by atoms with Crippen LogP contribution in [-0.4, -0.2) is 17.1 Å². The number of hydrogen-bond acceptors (Lipinski definition) is 5. The first-order chi connectivity index (χ1) is 11.7. The molecule has 24 heavy (non-hydrogen) atoms. The van der Waals surface area contributed by atoms with Gasteiger partial charge in [0.1, 0.15) is 0 Å². The summed E-state index contributed by atoms with van der Waals surface area (Å²) in [4.78, 5) is 16.6. The minimum atomic E-state index is -0.0201. The van der Waals surface area contributed by atoms with E-state index in [-0.39, 0.29) is 5.91 Å². The molecule has 0 atom stereocenters. The number of thiazole rings is 1. The summed E-state index contributed by atoms with van der Waals surface area (Å²) in [6.07, 6.45) is 3.06. The third-order valence-electron chi connectivity index (χ3n) is 3.55. The summed E-state index contributed by atoms with van der Waals surface area (Å²) in [6, 6.07) is 15.2. The van der Waals surface area contributed by atoms with E-state index in [0.717, 1.165) is 25.8 Å². The van der Waals surface area contributed by atoms with Crippen molar-refractivity contribution in [3.8, 4) is 6.07 Å². The number of aryl methyl sites for hydroxylation is 1. The van der Waals surface area contributed by atoms with Crippen molar-refractivity contribution in [3.05, 3.63) is 53.6 Å². The van der Waals surface area contributed by atoms with Gasteiger partial charge in [0.15, 0.2) is 4.34 Å². The molecular weight excluding hydrogens is 338 g/mol. The zero-order valence-electron chi connectivity index (χ0n) is 13.1. The largest absolute Gasteiger partial charge is 0.326 e. The van der Waals surface area contributed by atoms with E-state index in [1.54, 1.807) is 35.2 Å². The average Bonchev–Trinajstić information content (AvgIpc) is 3.03. The molecule has 0 spiro atoms. The number of benzene rings is 2. The second-order valence-electron chi connectivity index (χ2n) is 5.22. The van der Waals surface area contributed by atoms with Gasteiger partial charge < -0.3 is 5.32 Å². The van der Waals surface area contributed by atoms with Gasteiger partial charge in [-0.1, -0.05) is 23.9 Å². The van der Waals surface area contributed by atoms with Crippen LogP contribution in [0, 0.1) is 11.3 Å². The van der Waals surface area contributed by atoms with Gasteiger partial charge in [-0.3, -0.25) is 4.79 Å². The maximum absolute atomic E-state index is 12.1. The molecule has 0 saturated heterocycles. The van der Waals surface area contributed by atoms with Crippen molar-refractivity contribution in [1.82, 2.24) is 4.98 Å². The molecule has 2 aromatic carbocycles. The molecule has 0 aliphatic rings. The molecule has 1 amide bonds. The minimum Gasteiger partial charge on any atom is -0.326 e. The van der Waals surface area contributed by atoms with Crippen molar-refractivity contribution in [2.24, 2.45) is 0 Å². The molecular formula is C18H15N3OS2. The van der Waals surface area contributed by atoms with E-state index in [1.807, 2.05) is 36.6 Å². The van der Waals surface area contributed by atoms with E-state index >= 15 is 0 Å². The van der Waals surface area contributed by atoms with E-state index in [0.29, 0.717) is 18.4 Å². The van der Waals surface area contributed by atoms with Crippen LogP contribution in [0.5, 0.6) is 0 Å². The standard InChI is InChI=1S/C18H15N3OS2/c1-23-18-21-15-8-7-14(10-16(15)24-18)20-17(22)9-6-12-2-4-13(11-19)5-3-12/h2-5,7-8,10H,6,9H2,1H3,(H,20,22). The first kappa shape index (κ1) is 16.5. The number of hydrogen-bond donors (Lipinski definition) is 1. The Kier molecular flexibility index (Phi) is 5.14. The number of thioether (sulfide) groups is 1. The fourth-order valence-corrected chi connectivity index (χ4v) is 3.82.